The molecular weight excluding hydrogens is 436 g/mol. The number of aryl methyl sites for hydroxylation is 2. The fraction of sp³-hybridized carbons (Fsp3) is 0.467. The zero-order chi connectivity index (χ0) is 26.3. The predicted molar refractivity (Wildman–Crippen MR) is 144 cm³/mol. The number of carbonyl (C=O) groups excluding carboxylic acids is 2. The van der Waals surface area contributed by atoms with Crippen molar-refractivity contribution in [3.05, 3.63) is 59.2 Å². The molecule has 1 amide bonds. The standard InChI is InChI=1S/C30H40N2O3/c1-19-13-20(2)15-21(14-19)25-17-22-16-23(30(9,10)27(34)31-28(3,4)5)11-12-24(22)32(25)18-26(33)35-29(6,7)8/h11-17H,18H2,1-10H3,(H,31,34). The molecule has 0 unspecified atom stereocenters. The molecule has 0 saturated heterocycles. The number of rotatable bonds is 5. The summed E-state index contributed by atoms with van der Waals surface area (Å²) in [5.74, 6) is -0.304. The summed E-state index contributed by atoms with van der Waals surface area (Å²) in [5, 5.41) is 4.09. The van der Waals surface area contributed by atoms with E-state index in [9.17, 15) is 9.59 Å². The molecule has 1 N–H and O–H groups in total. The quantitative estimate of drug-likeness (QED) is 0.430. The van der Waals surface area contributed by atoms with Gasteiger partial charge in [-0.25, -0.2) is 0 Å². The molecule has 0 aliphatic carbocycles. The molecule has 1 heterocycles. The van der Waals surface area contributed by atoms with Crippen molar-refractivity contribution in [3.63, 3.8) is 0 Å². The Hall–Kier alpha value is -3.08. The largest absolute Gasteiger partial charge is 0.459 e. The van der Waals surface area contributed by atoms with Crippen LogP contribution in [0, 0.1) is 13.8 Å². The first-order chi connectivity index (χ1) is 16.0. The minimum atomic E-state index is -0.713. The highest BCUT2D eigenvalue weighted by Crippen LogP contribution is 2.33. The summed E-state index contributed by atoms with van der Waals surface area (Å²) in [6.07, 6.45) is 0. The van der Waals surface area contributed by atoms with Crippen LogP contribution in [0.1, 0.15) is 72.1 Å². The number of fused-ring (bicyclic) bond motifs is 1. The van der Waals surface area contributed by atoms with Crippen molar-refractivity contribution in [1.82, 2.24) is 9.88 Å². The third-order valence-electron chi connectivity index (χ3n) is 5.90. The molecular formula is C30H40N2O3. The number of amides is 1. The van der Waals surface area contributed by atoms with Crippen LogP contribution in [0.25, 0.3) is 22.2 Å². The third-order valence-corrected chi connectivity index (χ3v) is 5.90. The highest BCUT2D eigenvalue weighted by Gasteiger charge is 2.32. The van der Waals surface area contributed by atoms with Gasteiger partial charge in [0.05, 0.1) is 5.41 Å². The molecule has 3 rings (SSSR count). The van der Waals surface area contributed by atoms with Gasteiger partial charge in [0.25, 0.3) is 0 Å². The summed E-state index contributed by atoms with van der Waals surface area (Å²) in [6.45, 7) is 19.7. The lowest BCUT2D eigenvalue weighted by Gasteiger charge is -2.30. The molecule has 5 nitrogen and oxygen atoms in total. The summed E-state index contributed by atoms with van der Waals surface area (Å²) < 4.78 is 7.66. The maximum atomic E-state index is 13.1. The van der Waals surface area contributed by atoms with E-state index in [1.54, 1.807) is 0 Å². The fourth-order valence-electron chi connectivity index (χ4n) is 4.32. The minimum absolute atomic E-state index is 0.0212. The summed E-state index contributed by atoms with van der Waals surface area (Å²) in [4.78, 5) is 25.9. The highest BCUT2D eigenvalue weighted by atomic mass is 16.6. The van der Waals surface area contributed by atoms with Crippen LogP contribution >= 0.6 is 0 Å². The summed E-state index contributed by atoms with van der Waals surface area (Å²) >= 11 is 0. The third kappa shape index (κ3) is 6.33. The zero-order valence-electron chi connectivity index (χ0n) is 22.9. The fourth-order valence-corrected chi connectivity index (χ4v) is 4.32. The van der Waals surface area contributed by atoms with E-state index in [2.05, 4.69) is 49.5 Å². The molecule has 0 atom stereocenters. The summed E-state index contributed by atoms with van der Waals surface area (Å²) in [6, 6.07) is 14.6. The van der Waals surface area contributed by atoms with Gasteiger partial charge in [0.1, 0.15) is 12.1 Å². The smallest absolute Gasteiger partial charge is 0.326 e. The second-order valence-electron chi connectivity index (χ2n) is 12.2. The Kier molecular flexibility index (Phi) is 6.95. The maximum Gasteiger partial charge on any atom is 0.326 e. The van der Waals surface area contributed by atoms with Gasteiger partial charge in [-0.3, -0.25) is 9.59 Å². The number of hydrogen-bond donors (Lipinski definition) is 1. The molecule has 5 heteroatoms. The Morgan fingerprint density at radius 2 is 1.46 bits per heavy atom. The van der Waals surface area contributed by atoms with Gasteiger partial charge >= 0.3 is 5.97 Å². The van der Waals surface area contributed by atoms with Gasteiger partial charge in [0, 0.05) is 22.1 Å². The van der Waals surface area contributed by atoms with Gasteiger partial charge < -0.3 is 14.6 Å². The molecule has 2 aromatic carbocycles. The van der Waals surface area contributed by atoms with Gasteiger partial charge in [-0.15, -0.1) is 0 Å². The van der Waals surface area contributed by atoms with Crippen LogP contribution in [0.5, 0.6) is 0 Å². The number of esters is 1. The summed E-state index contributed by atoms with van der Waals surface area (Å²) in [7, 11) is 0. The topological polar surface area (TPSA) is 60.3 Å². The predicted octanol–water partition coefficient (Wildman–Crippen LogP) is 6.46. The molecule has 0 fully saturated rings. The van der Waals surface area contributed by atoms with Crippen molar-refractivity contribution in [1.29, 1.82) is 0 Å². The number of hydrogen-bond acceptors (Lipinski definition) is 3. The van der Waals surface area contributed by atoms with Crippen LogP contribution in [0.4, 0.5) is 0 Å². The van der Waals surface area contributed by atoms with E-state index in [4.69, 9.17) is 4.74 Å². The van der Waals surface area contributed by atoms with E-state index in [1.807, 2.05) is 72.1 Å². The van der Waals surface area contributed by atoms with Crippen molar-refractivity contribution in [2.45, 2.75) is 92.3 Å². The van der Waals surface area contributed by atoms with Gasteiger partial charge in [-0.1, -0.05) is 23.3 Å². The van der Waals surface area contributed by atoms with Crippen molar-refractivity contribution in [3.8, 4) is 11.3 Å². The Morgan fingerprint density at radius 1 is 0.857 bits per heavy atom. The van der Waals surface area contributed by atoms with Crippen molar-refractivity contribution < 1.29 is 14.3 Å². The molecule has 1 aromatic heterocycles. The SMILES string of the molecule is Cc1cc(C)cc(-c2cc3cc(C(C)(C)C(=O)NC(C)(C)C)ccc3n2CC(=O)OC(C)(C)C)c1. The first-order valence-corrected chi connectivity index (χ1v) is 12.2. The number of nitrogens with one attached hydrogen (secondary N) is 1. The van der Waals surface area contributed by atoms with Crippen molar-refractivity contribution in [2.24, 2.45) is 0 Å². The van der Waals surface area contributed by atoms with E-state index in [0.29, 0.717) is 0 Å². The van der Waals surface area contributed by atoms with Crippen LogP contribution in [0.15, 0.2) is 42.5 Å². The highest BCUT2D eigenvalue weighted by molar-refractivity contribution is 5.93. The Labute approximate surface area is 209 Å². The molecule has 0 bridgehead atoms. The van der Waals surface area contributed by atoms with E-state index in [0.717, 1.165) is 38.9 Å². The van der Waals surface area contributed by atoms with Crippen molar-refractivity contribution >= 4 is 22.8 Å². The second kappa shape index (κ2) is 9.18. The lowest BCUT2D eigenvalue weighted by Crippen LogP contribution is -2.48. The average molecular weight is 477 g/mol. The number of ether oxygens (including phenoxy) is 1. The van der Waals surface area contributed by atoms with Gasteiger partial charge in [-0.2, -0.15) is 0 Å². The van der Waals surface area contributed by atoms with Crippen LogP contribution < -0.4 is 5.32 Å². The van der Waals surface area contributed by atoms with Gasteiger partial charge in [0.15, 0.2) is 0 Å². The number of aromatic nitrogens is 1. The van der Waals surface area contributed by atoms with E-state index < -0.39 is 11.0 Å². The van der Waals surface area contributed by atoms with E-state index in [1.165, 1.54) is 0 Å². The first-order valence-electron chi connectivity index (χ1n) is 12.2. The molecule has 0 aliphatic heterocycles. The maximum absolute atomic E-state index is 13.1. The number of benzene rings is 2. The lowest BCUT2D eigenvalue weighted by atomic mass is 9.82. The van der Waals surface area contributed by atoms with Crippen molar-refractivity contribution in [2.75, 3.05) is 0 Å². The average Bonchev–Trinajstić information content (AvgIpc) is 3.02. The van der Waals surface area contributed by atoms with Crippen LogP contribution in [-0.4, -0.2) is 27.6 Å². The van der Waals surface area contributed by atoms with Gasteiger partial charge in [0.2, 0.25) is 5.91 Å². The van der Waals surface area contributed by atoms with E-state index >= 15 is 0 Å². The normalized spacial score (nSPS) is 12.6. The lowest BCUT2D eigenvalue weighted by molar-refractivity contribution is -0.155. The monoisotopic (exact) mass is 476 g/mol. The van der Waals surface area contributed by atoms with Crippen LogP contribution in [0.2, 0.25) is 0 Å². The first kappa shape index (κ1) is 26.5. The van der Waals surface area contributed by atoms with Gasteiger partial charge in [-0.05, 0) is 111 Å². The second-order valence-corrected chi connectivity index (χ2v) is 12.2. The summed E-state index contributed by atoms with van der Waals surface area (Å²) in [5.41, 5.74) is 4.59. The minimum Gasteiger partial charge on any atom is -0.459 e. The van der Waals surface area contributed by atoms with Crippen LogP contribution in [-0.2, 0) is 26.3 Å². The molecule has 0 aliphatic rings. The Bertz CT molecular complexity index is 1250. The Balaban J connectivity index is 2.14. The number of carbonyl (C=O) groups is 2. The van der Waals surface area contributed by atoms with E-state index in [-0.39, 0.29) is 24.0 Å². The molecule has 0 radical (unpaired) electrons. The molecule has 188 valence electrons. The van der Waals surface area contributed by atoms with Crippen LogP contribution in [0.3, 0.4) is 0 Å². The molecule has 35 heavy (non-hydrogen) atoms. The molecule has 0 saturated carbocycles. The Morgan fingerprint density at radius 3 is 2.00 bits per heavy atom. The molecule has 3 aromatic rings. The zero-order valence-corrected chi connectivity index (χ0v) is 22.9. The molecule has 0 spiro atoms. The number of nitrogens with zero attached hydrogens (tertiary/aromatic N) is 1.